The summed E-state index contributed by atoms with van der Waals surface area (Å²) >= 11 is 0. The van der Waals surface area contributed by atoms with Crippen molar-refractivity contribution in [1.82, 2.24) is 20.2 Å². The maximum atomic E-state index is 13.0. The van der Waals surface area contributed by atoms with Crippen LogP contribution in [0.4, 0.5) is 14.6 Å². The van der Waals surface area contributed by atoms with E-state index in [4.69, 9.17) is 4.74 Å². The molecule has 0 aliphatic carbocycles. The molecule has 1 atom stereocenters. The van der Waals surface area contributed by atoms with Crippen LogP contribution in [0.25, 0.3) is 11.0 Å². The number of alkyl halides is 2. The number of rotatable bonds is 1. The van der Waals surface area contributed by atoms with Gasteiger partial charge in [0.15, 0.2) is 0 Å². The molecule has 1 unspecified atom stereocenters. The molecule has 6 nitrogen and oxygen atoms in total. The zero-order chi connectivity index (χ0) is 12.9. The summed E-state index contributed by atoms with van der Waals surface area (Å²) in [5, 5.41) is 8.16. The van der Waals surface area contributed by atoms with Gasteiger partial charge in [-0.3, -0.25) is 0 Å². The zero-order valence-electron chi connectivity index (χ0n) is 10.1. The van der Waals surface area contributed by atoms with Crippen LogP contribution >= 0.6 is 0 Å². The van der Waals surface area contributed by atoms with Gasteiger partial charge in [-0.2, -0.15) is 0 Å². The second-order valence-corrected chi connectivity index (χ2v) is 4.12. The Morgan fingerprint density at radius 3 is 2.84 bits per heavy atom. The van der Waals surface area contributed by atoms with Gasteiger partial charge in [0.1, 0.15) is 18.5 Å². The van der Waals surface area contributed by atoms with E-state index in [9.17, 15) is 8.78 Å². The molecule has 9 heteroatoms. The first kappa shape index (κ1) is 14.1. The van der Waals surface area contributed by atoms with Crippen LogP contribution < -0.4 is 14.7 Å². The van der Waals surface area contributed by atoms with Crippen molar-refractivity contribution in [2.45, 2.75) is 19.4 Å². The van der Waals surface area contributed by atoms with Gasteiger partial charge < -0.3 is 19.7 Å². The fraction of sp³-hybridized carbons (Fsp3) is 0.500. The van der Waals surface area contributed by atoms with E-state index in [-0.39, 0.29) is 32.9 Å². The number of halogens is 2. The number of likely N-dealkylation sites (N-methyl/N-ethyl adjacent to an activating group) is 1. The molecule has 3 heterocycles. The van der Waals surface area contributed by atoms with Gasteiger partial charge in [0.2, 0.25) is 5.88 Å². The number of aromatic nitrogens is 4. The first-order valence-electron chi connectivity index (χ1n) is 5.39. The van der Waals surface area contributed by atoms with Gasteiger partial charge in [-0.25, -0.2) is 18.9 Å². The molecule has 0 N–H and O–H groups in total. The average molecular weight is 440 g/mol. The Kier molecular flexibility index (Phi) is 3.69. The minimum absolute atomic E-state index is 0. The summed E-state index contributed by atoms with van der Waals surface area (Å²) in [4.78, 5) is 9.71. The summed E-state index contributed by atoms with van der Waals surface area (Å²) in [6.07, 6.45) is -2.53. The number of aryl methyl sites for hydroxylation is 1. The third kappa shape index (κ3) is 2.17. The molecule has 1 aliphatic heterocycles. The van der Waals surface area contributed by atoms with Crippen LogP contribution in [0.3, 0.4) is 0 Å². The minimum atomic E-state index is -2.53. The van der Waals surface area contributed by atoms with Crippen LogP contribution in [0.5, 0.6) is 5.88 Å². The topological polar surface area (TPSA) is 65.2 Å². The quantitative estimate of drug-likeness (QED) is 0.652. The second-order valence-electron chi connectivity index (χ2n) is 4.12. The molecular weight excluding hydrogens is 430 g/mol. The number of hydrogen-bond donors (Lipinski definition) is 0. The minimum Gasteiger partial charge on any atom is -0.475 e. The van der Waals surface area contributed by atoms with E-state index in [0.717, 1.165) is 0 Å². The standard InChI is InChI=1S/C10H10F2N5O.Re/c1-4-13-8-6-9(14-4)17(2)5(7(11)12)3-18-10(6)16-15-8;/h5,7H,3H2,1-2H3;/q-1;. The third-order valence-corrected chi connectivity index (χ3v) is 2.95. The van der Waals surface area contributed by atoms with Crippen LogP contribution in [0.1, 0.15) is 5.82 Å². The van der Waals surface area contributed by atoms with Gasteiger partial charge in [0.05, 0.1) is 5.39 Å². The van der Waals surface area contributed by atoms with Crippen LogP contribution in [0.2, 0.25) is 0 Å². The molecule has 0 bridgehead atoms. The summed E-state index contributed by atoms with van der Waals surface area (Å²) < 4.78 is 31.2. The molecule has 19 heavy (non-hydrogen) atoms. The van der Waals surface area contributed by atoms with Gasteiger partial charge in [-0.05, 0) is 12.6 Å². The number of anilines is 1. The molecule has 1 radical (unpaired) electrons. The number of hydrogen-bond acceptors (Lipinski definition) is 5. The molecule has 0 saturated carbocycles. The summed E-state index contributed by atoms with van der Waals surface area (Å²) in [6, 6.07) is -1.06. The molecule has 0 spiro atoms. The van der Waals surface area contributed by atoms with Crippen molar-refractivity contribution in [3.8, 4) is 5.88 Å². The van der Waals surface area contributed by atoms with Crippen LogP contribution in [0.15, 0.2) is 0 Å². The molecule has 0 fully saturated rings. The predicted molar refractivity (Wildman–Crippen MR) is 59.1 cm³/mol. The Morgan fingerprint density at radius 2 is 2.16 bits per heavy atom. The van der Waals surface area contributed by atoms with E-state index < -0.39 is 12.5 Å². The Hall–Kier alpha value is -1.33. The van der Waals surface area contributed by atoms with E-state index in [0.29, 0.717) is 22.7 Å². The van der Waals surface area contributed by atoms with Crippen molar-refractivity contribution in [2.75, 3.05) is 18.6 Å². The maximum absolute atomic E-state index is 13.0. The number of nitrogens with zero attached hydrogens (tertiary/aromatic N) is 5. The van der Waals surface area contributed by atoms with Crippen LogP contribution in [-0.4, -0.2) is 41.2 Å². The summed E-state index contributed by atoms with van der Waals surface area (Å²) in [5.41, 5.74) is 0.370. The molecule has 2 aromatic rings. The molecule has 3 rings (SSSR count). The molecule has 0 saturated heterocycles. The smallest absolute Gasteiger partial charge is 0.261 e. The van der Waals surface area contributed by atoms with E-state index in [1.54, 1.807) is 14.0 Å². The fourth-order valence-corrected chi connectivity index (χ4v) is 1.98. The van der Waals surface area contributed by atoms with Crippen molar-refractivity contribution >= 4 is 16.9 Å². The average Bonchev–Trinajstić information content (AvgIpc) is 2.64. The van der Waals surface area contributed by atoms with E-state index in [1.165, 1.54) is 4.90 Å². The predicted octanol–water partition coefficient (Wildman–Crippen LogP) is 0.750. The van der Waals surface area contributed by atoms with E-state index >= 15 is 0 Å². The molecule has 0 amide bonds. The molecule has 103 valence electrons. The van der Waals surface area contributed by atoms with Gasteiger partial charge in [0.25, 0.3) is 6.43 Å². The van der Waals surface area contributed by atoms with Gasteiger partial charge in [-0.1, -0.05) is 0 Å². The monoisotopic (exact) mass is 441 g/mol. The van der Waals surface area contributed by atoms with Crippen molar-refractivity contribution in [1.29, 1.82) is 0 Å². The van der Waals surface area contributed by atoms with Crippen molar-refractivity contribution in [3.63, 3.8) is 0 Å². The maximum Gasteiger partial charge on any atom is 0.261 e. The first-order chi connectivity index (χ1) is 8.58. The first-order valence-corrected chi connectivity index (χ1v) is 5.39. The van der Waals surface area contributed by atoms with Crippen LogP contribution in [-0.2, 0) is 20.4 Å². The van der Waals surface area contributed by atoms with Crippen molar-refractivity contribution in [2.24, 2.45) is 0 Å². The van der Waals surface area contributed by atoms with Gasteiger partial charge in [-0.15, -0.1) is 0 Å². The third-order valence-electron chi connectivity index (χ3n) is 2.95. The summed E-state index contributed by atoms with van der Waals surface area (Å²) in [6.45, 7) is 1.53. The second kappa shape index (κ2) is 4.98. The van der Waals surface area contributed by atoms with Gasteiger partial charge in [0, 0.05) is 33.3 Å². The Morgan fingerprint density at radius 1 is 1.42 bits per heavy atom. The zero-order valence-corrected chi connectivity index (χ0v) is 12.9. The van der Waals surface area contributed by atoms with Crippen LogP contribution in [0, 0.1) is 6.92 Å². The van der Waals surface area contributed by atoms with E-state index in [2.05, 4.69) is 20.2 Å². The largest absolute Gasteiger partial charge is 0.475 e. The normalized spacial score (nSPS) is 18.2. The molecule has 2 aromatic heterocycles. The molecule has 1 aliphatic rings. The Balaban J connectivity index is 0.00000133. The Bertz CT molecular complexity index is 605. The Labute approximate surface area is 121 Å². The molecule has 0 aromatic carbocycles. The number of ether oxygens (including phenoxy) is 1. The fourth-order valence-electron chi connectivity index (χ4n) is 1.98. The molecular formula is C10H10F2N5ORe-. The van der Waals surface area contributed by atoms with Crippen molar-refractivity contribution in [3.05, 3.63) is 5.82 Å². The van der Waals surface area contributed by atoms with Crippen molar-refractivity contribution < 1.29 is 33.9 Å². The summed E-state index contributed by atoms with van der Waals surface area (Å²) in [5.74, 6) is 1.07. The van der Waals surface area contributed by atoms with E-state index in [1.807, 2.05) is 0 Å². The summed E-state index contributed by atoms with van der Waals surface area (Å²) in [7, 11) is 1.56. The van der Waals surface area contributed by atoms with Gasteiger partial charge >= 0.3 is 0 Å². The SMILES string of the molecule is Cc1nc2c3c(n[n-]c3n1)OCC(C(F)F)N2C.[Re].